The van der Waals surface area contributed by atoms with Crippen molar-refractivity contribution in [2.75, 3.05) is 39.4 Å². The van der Waals surface area contributed by atoms with Gasteiger partial charge >= 0.3 is 0 Å². The van der Waals surface area contributed by atoms with E-state index in [-0.39, 0.29) is 5.91 Å². The Balaban J connectivity index is 1.44. The number of ether oxygens (including phenoxy) is 1. The van der Waals surface area contributed by atoms with Crippen LogP contribution in [-0.4, -0.2) is 70.9 Å². The van der Waals surface area contributed by atoms with Crippen molar-refractivity contribution in [1.82, 2.24) is 19.6 Å². The molecule has 0 bridgehead atoms. The van der Waals surface area contributed by atoms with Crippen LogP contribution in [0.5, 0.6) is 0 Å². The fraction of sp³-hybridized carbons (Fsp3) is 0.524. The van der Waals surface area contributed by atoms with Gasteiger partial charge in [0.1, 0.15) is 0 Å². The number of carbonyl (C=O) groups is 1. The van der Waals surface area contributed by atoms with E-state index in [0.717, 1.165) is 69.9 Å². The quantitative estimate of drug-likeness (QED) is 0.814. The molecular formula is C21H28N4O2. The zero-order chi connectivity index (χ0) is 18.5. The highest BCUT2D eigenvalue weighted by Gasteiger charge is 2.28. The van der Waals surface area contributed by atoms with Crippen molar-refractivity contribution in [3.63, 3.8) is 0 Å². The van der Waals surface area contributed by atoms with Gasteiger partial charge in [0.15, 0.2) is 0 Å². The van der Waals surface area contributed by atoms with Gasteiger partial charge in [-0.25, -0.2) is 4.68 Å². The summed E-state index contributed by atoms with van der Waals surface area (Å²) in [6.07, 6.45) is 8.11. The van der Waals surface area contributed by atoms with Gasteiger partial charge in [0.25, 0.3) is 5.91 Å². The number of piperidine rings is 1. The molecule has 6 heteroatoms. The van der Waals surface area contributed by atoms with Gasteiger partial charge in [0, 0.05) is 50.2 Å². The van der Waals surface area contributed by atoms with Gasteiger partial charge in [-0.3, -0.25) is 9.69 Å². The number of amides is 1. The maximum atomic E-state index is 13.2. The average molecular weight is 368 g/mol. The molecule has 0 N–H and O–H groups in total. The Kier molecular flexibility index (Phi) is 5.84. The zero-order valence-corrected chi connectivity index (χ0v) is 15.8. The van der Waals surface area contributed by atoms with Crippen LogP contribution < -0.4 is 0 Å². The molecular weight excluding hydrogens is 340 g/mol. The molecule has 0 radical (unpaired) electrons. The smallest absolute Gasteiger partial charge is 0.254 e. The van der Waals surface area contributed by atoms with Crippen LogP contribution in [0, 0.1) is 0 Å². The molecule has 0 unspecified atom stereocenters. The minimum Gasteiger partial charge on any atom is -0.379 e. The molecule has 1 aromatic carbocycles. The fourth-order valence-corrected chi connectivity index (χ4v) is 4.09. The van der Waals surface area contributed by atoms with E-state index in [0.29, 0.717) is 6.04 Å². The van der Waals surface area contributed by atoms with Crippen molar-refractivity contribution in [2.24, 2.45) is 0 Å². The van der Waals surface area contributed by atoms with E-state index in [1.54, 1.807) is 10.9 Å². The molecule has 144 valence electrons. The van der Waals surface area contributed by atoms with Gasteiger partial charge in [-0.05, 0) is 49.9 Å². The van der Waals surface area contributed by atoms with Crippen LogP contribution in [0.4, 0.5) is 0 Å². The van der Waals surface area contributed by atoms with Crippen molar-refractivity contribution < 1.29 is 9.53 Å². The molecule has 2 aromatic rings. The first kappa shape index (κ1) is 18.2. The molecule has 1 amide bonds. The zero-order valence-electron chi connectivity index (χ0n) is 15.8. The second-order valence-electron chi connectivity index (χ2n) is 7.39. The summed E-state index contributed by atoms with van der Waals surface area (Å²) in [7, 11) is 0. The maximum Gasteiger partial charge on any atom is 0.254 e. The Labute approximate surface area is 160 Å². The Hall–Kier alpha value is -2.18. The van der Waals surface area contributed by atoms with Gasteiger partial charge in [-0.15, -0.1) is 0 Å². The standard InChI is InChI=1S/C21H28N4O2/c26-21(18-5-3-7-20(17-18)25-11-4-9-22-25)24-10-2-1-6-19(24)8-12-23-13-15-27-16-14-23/h3-5,7,9,11,17,19H,1-2,6,8,10,12-16H2/t19-/m1/s1. The normalized spacial score (nSPS) is 21.3. The molecule has 0 spiro atoms. The summed E-state index contributed by atoms with van der Waals surface area (Å²) in [5.41, 5.74) is 1.67. The summed E-state index contributed by atoms with van der Waals surface area (Å²) in [6.45, 7) is 5.57. The maximum absolute atomic E-state index is 13.2. The van der Waals surface area contributed by atoms with E-state index in [9.17, 15) is 4.79 Å². The molecule has 3 heterocycles. The molecule has 1 aromatic heterocycles. The number of hydrogen-bond acceptors (Lipinski definition) is 4. The Morgan fingerprint density at radius 3 is 2.85 bits per heavy atom. The summed E-state index contributed by atoms with van der Waals surface area (Å²) >= 11 is 0. The molecule has 1 atom stereocenters. The first-order chi connectivity index (χ1) is 13.3. The van der Waals surface area contributed by atoms with Crippen LogP contribution in [0.15, 0.2) is 42.7 Å². The van der Waals surface area contributed by atoms with Gasteiger partial charge in [-0.2, -0.15) is 5.10 Å². The van der Waals surface area contributed by atoms with Crippen molar-refractivity contribution in [1.29, 1.82) is 0 Å². The average Bonchev–Trinajstić information content (AvgIpc) is 3.28. The van der Waals surface area contributed by atoms with Crippen LogP contribution in [0.25, 0.3) is 5.69 Å². The minimum atomic E-state index is 0.149. The second kappa shape index (κ2) is 8.67. The monoisotopic (exact) mass is 368 g/mol. The number of benzene rings is 1. The third kappa shape index (κ3) is 4.39. The third-order valence-electron chi connectivity index (χ3n) is 5.63. The fourth-order valence-electron chi connectivity index (χ4n) is 4.09. The van der Waals surface area contributed by atoms with E-state index < -0.39 is 0 Å². The first-order valence-corrected chi connectivity index (χ1v) is 10.0. The van der Waals surface area contributed by atoms with Gasteiger partial charge in [0.05, 0.1) is 18.9 Å². The van der Waals surface area contributed by atoms with Gasteiger partial charge in [0.2, 0.25) is 0 Å². The molecule has 2 saturated heterocycles. The molecule has 0 aliphatic carbocycles. The van der Waals surface area contributed by atoms with Crippen LogP contribution in [0.1, 0.15) is 36.0 Å². The highest BCUT2D eigenvalue weighted by atomic mass is 16.5. The summed E-state index contributed by atoms with van der Waals surface area (Å²) in [5, 5.41) is 4.27. The van der Waals surface area contributed by atoms with E-state index >= 15 is 0 Å². The summed E-state index contributed by atoms with van der Waals surface area (Å²) in [5.74, 6) is 0.149. The molecule has 2 aliphatic heterocycles. The number of rotatable bonds is 5. The lowest BCUT2D eigenvalue weighted by molar-refractivity contribution is 0.0295. The van der Waals surface area contributed by atoms with Crippen LogP contribution in [-0.2, 0) is 4.74 Å². The number of hydrogen-bond donors (Lipinski definition) is 0. The van der Waals surface area contributed by atoms with Crippen LogP contribution in [0.2, 0.25) is 0 Å². The van der Waals surface area contributed by atoms with Gasteiger partial charge < -0.3 is 9.64 Å². The van der Waals surface area contributed by atoms with E-state index in [1.165, 1.54) is 6.42 Å². The summed E-state index contributed by atoms with van der Waals surface area (Å²) < 4.78 is 7.23. The SMILES string of the molecule is O=C(c1cccc(-n2cccn2)c1)N1CCCC[C@@H]1CCN1CCOCC1. The minimum absolute atomic E-state index is 0.149. The number of aromatic nitrogens is 2. The molecule has 0 saturated carbocycles. The number of nitrogens with zero attached hydrogens (tertiary/aromatic N) is 4. The Morgan fingerprint density at radius 2 is 2.04 bits per heavy atom. The number of carbonyl (C=O) groups excluding carboxylic acids is 1. The first-order valence-electron chi connectivity index (χ1n) is 10.0. The number of likely N-dealkylation sites (tertiary alicyclic amines) is 1. The molecule has 27 heavy (non-hydrogen) atoms. The molecule has 4 rings (SSSR count). The third-order valence-corrected chi connectivity index (χ3v) is 5.63. The predicted molar refractivity (Wildman–Crippen MR) is 104 cm³/mol. The van der Waals surface area contributed by atoms with Crippen molar-refractivity contribution >= 4 is 5.91 Å². The van der Waals surface area contributed by atoms with Crippen molar-refractivity contribution in [3.8, 4) is 5.69 Å². The topological polar surface area (TPSA) is 50.6 Å². The van der Waals surface area contributed by atoms with E-state index in [4.69, 9.17) is 4.74 Å². The van der Waals surface area contributed by atoms with Crippen molar-refractivity contribution in [2.45, 2.75) is 31.7 Å². The lowest BCUT2D eigenvalue weighted by atomic mass is 9.97. The van der Waals surface area contributed by atoms with Crippen LogP contribution in [0.3, 0.4) is 0 Å². The highest BCUT2D eigenvalue weighted by Crippen LogP contribution is 2.23. The predicted octanol–water partition coefficient (Wildman–Crippen LogP) is 2.59. The molecule has 6 nitrogen and oxygen atoms in total. The Morgan fingerprint density at radius 1 is 1.15 bits per heavy atom. The van der Waals surface area contributed by atoms with Crippen LogP contribution >= 0.6 is 0 Å². The summed E-state index contributed by atoms with van der Waals surface area (Å²) in [4.78, 5) is 17.8. The van der Waals surface area contributed by atoms with E-state index in [1.807, 2.05) is 36.5 Å². The molecule has 2 aliphatic rings. The lowest BCUT2D eigenvalue weighted by Gasteiger charge is -2.37. The Bertz CT molecular complexity index is 740. The lowest BCUT2D eigenvalue weighted by Crippen LogP contribution is -2.46. The summed E-state index contributed by atoms with van der Waals surface area (Å²) in [6, 6.07) is 10.0. The highest BCUT2D eigenvalue weighted by molar-refractivity contribution is 5.95. The van der Waals surface area contributed by atoms with Crippen molar-refractivity contribution in [3.05, 3.63) is 48.3 Å². The second-order valence-corrected chi connectivity index (χ2v) is 7.39. The molecule has 2 fully saturated rings. The number of morpholine rings is 1. The van der Waals surface area contributed by atoms with E-state index in [2.05, 4.69) is 14.9 Å². The largest absolute Gasteiger partial charge is 0.379 e. The van der Waals surface area contributed by atoms with Gasteiger partial charge in [-0.1, -0.05) is 6.07 Å².